The molecule has 9 nitrogen and oxygen atoms in total. The number of amides is 2. The summed E-state index contributed by atoms with van der Waals surface area (Å²) in [7, 11) is 0. The fraction of sp³-hybridized carbons (Fsp3) is 0.500. The first kappa shape index (κ1) is 23.6. The maximum absolute atomic E-state index is 12.9. The van der Waals surface area contributed by atoms with E-state index in [0.717, 1.165) is 44.5 Å². The number of hydrogen-bond donors (Lipinski definition) is 3. The predicted octanol–water partition coefficient (Wildman–Crippen LogP) is 2.38. The first-order valence-electron chi connectivity index (χ1n) is 11.0. The predicted molar refractivity (Wildman–Crippen MR) is 127 cm³/mol. The molecule has 1 saturated heterocycles. The highest BCUT2D eigenvalue weighted by molar-refractivity contribution is 7.15. The van der Waals surface area contributed by atoms with E-state index < -0.39 is 5.91 Å². The molecule has 0 radical (unpaired) electrons. The van der Waals surface area contributed by atoms with E-state index in [1.807, 2.05) is 0 Å². The Labute approximate surface area is 201 Å². The van der Waals surface area contributed by atoms with E-state index in [9.17, 15) is 9.59 Å². The van der Waals surface area contributed by atoms with Gasteiger partial charge in [-0.15, -0.1) is 0 Å². The number of benzene rings is 1. The van der Waals surface area contributed by atoms with Gasteiger partial charge in [0.1, 0.15) is 10.6 Å². The number of carbonyl (C=O) groups is 2. The van der Waals surface area contributed by atoms with E-state index in [1.165, 1.54) is 11.3 Å². The van der Waals surface area contributed by atoms with Gasteiger partial charge in [-0.25, -0.2) is 4.98 Å². The Kier molecular flexibility index (Phi) is 7.26. The Bertz CT molecular complexity index is 1050. The SMILES string of the molecule is Cc1nc(OCCCN2CCC(NC(=O)c3cc(Cl)c(N)c4c3OCC4)CC2)sc1C(N)=O. The molecule has 2 aliphatic rings. The summed E-state index contributed by atoms with van der Waals surface area (Å²) < 4.78 is 11.3. The van der Waals surface area contributed by atoms with Gasteiger partial charge in [0, 0.05) is 37.7 Å². The van der Waals surface area contributed by atoms with Crippen molar-refractivity contribution in [3.8, 4) is 10.9 Å². The highest BCUT2D eigenvalue weighted by atomic mass is 35.5. The lowest BCUT2D eigenvalue weighted by Gasteiger charge is -2.32. The summed E-state index contributed by atoms with van der Waals surface area (Å²) in [6.07, 6.45) is 3.24. The quantitative estimate of drug-likeness (QED) is 0.379. The number of nitrogens with two attached hydrogens (primary N) is 2. The van der Waals surface area contributed by atoms with Crippen molar-refractivity contribution in [1.82, 2.24) is 15.2 Å². The van der Waals surface area contributed by atoms with Crippen molar-refractivity contribution in [2.75, 3.05) is 38.6 Å². The molecule has 0 atom stereocenters. The lowest BCUT2D eigenvalue weighted by Crippen LogP contribution is -2.45. The van der Waals surface area contributed by atoms with Crippen LogP contribution in [-0.4, -0.2) is 60.6 Å². The summed E-state index contributed by atoms with van der Waals surface area (Å²) in [6, 6.07) is 1.70. The fourth-order valence-electron chi connectivity index (χ4n) is 4.21. The van der Waals surface area contributed by atoms with Gasteiger partial charge in [-0.3, -0.25) is 9.59 Å². The zero-order valence-electron chi connectivity index (χ0n) is 18.5. The molecular formula is C22H28ClN5O4S. The van der Waals surface area contributed by atoms with Crippen molar-refractivity contribution in [3.63, 3.8) is 0 Å². The van der Waals surface area contributed by atoms with Crippen LogP contribution >= 0.6 is 22.9 Å². The number of piperidine rings is 1. The first-order valence-corrected chi connectivity index (χ1v) is 12.2. The van der Waals surface area contributed by atoms with Crippen molar-refractivity contribution in [2.45, 2.75) is 38.6 Å². The number of hydrogen-bond acceptors (Lipinski definition) is 8. The molecule has 0 saturated carbocycles. The maximum atomic E-state index is 12.9. The zero-order chi connectivity index (χ0) is 23.5. The van der Waals surface area contributed by atoms with Crippen LogP contribution in [0.15, 0.2) is 6.07 Å². The van der Waals surface area contributed by atoms with Gasteiger partial charge < -0.3 is 31.2 Å². The lowest BCUT2D eigenvalue weighted by molar-refractivity contribution is 0.0905. The van der Waals surface area contributed by atoms with Gasteiger partial charge in [-0.1, -0.05) is 22.9 Å². The summed E-state index contributed by atoms with van der Waals surface area (Å²) in [4.78, 5) is 31.2. The van der Waals surface area contributed by atoms with Crippen LogP contribution in [-0.2, 0) is 6.42 Å². The third-order valence-electron chi connectivity index (χ3n) is 5.98. The number of nitrogens with zero attached hydrogens (tertiary/aromatic N) is 2. The number of carbonyl (C=O) groups excluding carboxylic acids is 2. The fourth-order valence-corrected chi connectivity index (χ4v) is 5.23. The molecular weight excluding hydrogens is 466 g/mol. The van der Waals surface area contributed by atoms with Crippen molar-refractivity contribution in [1.29, 1.82) is 0 Å². The van der Waals surface area contributed by atoms with Crippen molar-refractivity contribution >= 4 is 40.4 Å². The summed E-state index contributed by atoms with van der Waals surface area (Å²) in [5.41, 5.74) is 13.7. The van der Waals surface area contributed by atoms with E-state index in [4.69, 9.17) is 32.5 Å². The monoisotopic (exact) mass is 493 g/mol. The zero-order valence-corrected chi connectivity index (χ0v) is 20.1. The van der Waals surface area contributed by atoms with Gasteiger partial charge in [0.2, 0.25) is 0 Å². The Balaban J connectivity index is 1.20. The molecule has 1 fully saturated rings. The smallest absolute Gasteiger partial charge is 0.274 e. The second kappa shape index (κ2) is 10.1. The average molecular weight is 494 g/mol. The minimum atomic E-state index is -0.480. The molecule has 1 aromatic heterocycles. The van der Waals surface area contributed by atoms with Crippen LogP contribution < -0.4 is 26.3 Å². The summed E-state index contributed by atoms with van der Waals surface area (Å²) >= 11 is 7.41. The number of nitrogens with one attached hydrogen (secondary N) is 1. The summed E-state index contributed by atoms with van der Waals surface area (Å²) in [5, 5.41) is 3.99. The lowest BCUT2D eigenvalue weighted by atomic mass is 10.0. The topological polar surface area (TPSA) is 133 Å². The number of aryl methyl sites for hydroxylation is 1. The normalized spacial score (nSPS) is 16.3. The molecule has 3 heterocycles. The van der Waals surface area contributed by atoms with Crippen LogP contribution in [0, 0.1) is 6.92 Å². The van der Waals surface area contributed by atoms with Gasteiger partial charge in [0.15, 0.2) is 0 Å². The average Bonchev–Trinajstić information content (AvgIpc) is 3.42. The second-order valence-electron chi connectivity index (χ2n) is 8.28. The molecule has 178 valence electrons. The van der Waals surface area contributed by atoms with E-state index in [2.05, 4.69) is 15.2 Å². The molecule has 11 heteroatoms. The van der Waals surface area contributed by atoms with Gasteiger partial charge in [-0.05, 0) is 32.3 Å². The van der Waals surface area contributed by atoms with Gasteiger partial charge >= 0.3 is 0 Å². The molecule has 0 aliphatic carbocycles. The van der Waals surface area contributed by atoms with Crippen LogP contribution in [0.5, 0.6) is 10.9 Å². The molecule has 2 amide bonds. The van der Waals surface area contributed by atoms with Gasteiger partial charge in [-0.2, -0.15) is 0 Å². The number of nitrogen functional groups attached to an aromatic ring is 1. The Hall–Kier alpha value is -2.56. The molecule has 33 heavy (non-hydrogen) atoms. The number of thiazole rings is 1. The molecule has 1 aromatic carbocycles. The third kappa shape index (κ3) is 5.34. The van der Waals surface area contributed by atoms with Gasteiger partial charge in [0.05, 0.1) is 35.2 Å². The van der Waals surface area contributed by atoms with Gasteiger partial charge in [0.25, 0.3) is 17.0 Å². The molecule has 0 spiro atoms. The third-order valence-corrected chi connectivity index (χ3v) is 7.38. The van der Waals surface area contributed by atoms with Crippen LogP contribution in [0.1, 0.15) is 50.5 Å². The number of rotatable bonds is 8. The first-order chi connectivity index (χ1) is 15.8. The number of aromatic nitrogens is 1. The molecule has 4 rings (SSSR count). The minimum Gasteiger partial charge on any atom is -0.492 e. The van der Waals surface area contributed by atoms with Crippen molar-refractivity contribution in [2.24, 2.45) is 5.73 Å². The van der Waals surface area contributed by atoms with E-state index in [1.54, 1.807) is 13.0 Å². The van der Waals surface area contributed by atoms with Crippen molar-refractivity contribution in [3.05, 3.63) is 32.8 Å². The molecule has 0 unspecified atom stereocenters. The molecule has 0 bridgehead atoms. The Morgan fingerprint density at radius 3 is 2.85 bits per heavy atom. The molecule has 2 aromatic rings. The number of fused-ring (bicyclic) bond motifs is 1. The Morgan fingerprint density at radius 1 is 1.39 bits per heavy atom. The maximum Gasteiger partial charge on any atom is 0.274 e. The van der Waals surface area contributed by atoms with E-state index in [-0.39, 0.29) is 11.9 Å². The van der Waals surface area contributed by atoms with Crippen LogP contribution in [0.4, 0.5) is 5.69 Å². The summed E-state index contributed by atoms with van der Waals surface area (Å²) in [6.45, 7) is 5.45. The highest BCUT2D eigenvalue weighted by Crippen LogP contribution is 2.38. The number of ether oxygens (including phenoxy) is 2. The number of anilines is 1. The number of halogens is 1. The van der Waals surface area contributed by atoms with Crippen molar-refractivity contribution < 1.29 is 19.1 Å². The minimum absolute atomic E-state index is 0.101. The standard InChI is InChI=1S/C22H28ClN5O4S/c1-12-19(20(25)29)33-22(26-12)32-9-2-6-28-7-3-13(4-8-28)27-21(30)15-11-16(23)17(24)14-5-10-31-18(14)15/h11,13H,2-10,24H2,1H3,(H2,25,29)(H,27,30). The highest BCUT2D eigenvalue weighted by Gasteiger charge is 2.27. The molecule has 5 N–H and O–H groups in total. The van der Waals surface area contributed by atoms with Crippen LogP contribution in [0.3, 0.4) is 0 Å². The van der Waals surface area contributed by atoms with E-state index >= 15 is 0 Å². The molecule has 2 aliphatic heterocycles. The number of likely N-dealkylation sites (tertiary alicyclic amines) is 1. The summed E-state index contributed by atoms with van der Waals surface area (Å²) in [5.74, 6) is -0.0904. The largest absolute Gasteiger partial charge is 0.492 e. The van der Waals surface area contributed by atoms with Crippen LogP contribution in [0.25, 0.3) is 0 Å². The van der Waals surface area contributed by atoms with Crippen LogP contribution in [0.2, 0.25) is 5.02 Å². The second-order valence-corrected chi connectivity index (χ2v) is 9.64. The number of primary amides is 1. The Morgan fingerprint density at radius 2 is 2.15 bits per heavy atom. The van der Waals surface area contributed by atoms with E-state index in [0.29, 0.717) is 57.4 Å².